The van der Waals surface area contributed by atoms with Gasteiger partial charge in [-0.15, -0.1) is 0 Å². The van der Waals surface area contributed by atoms with Gasteiger partial charge in [0, 0.05) is 35.1 Å². The van der Waals surface area contributed by atoms with Gasteiger partial charge in [-0.05, 0) is 29.8 Å². The lowest BCUT2D eigenvalue weighted by atomic mass is 10.1. The average Bonchev–Trinajstić information content (AvgIpc) is 2.90. The molecule has 0 bridgehead atoms. The number of H-pyrrole nitrogens is 1. The topological polar surface area (TPSA) is 45.8 Å². The zero-order valence-corrected chi connectivity index (χ0v) is 10.2. The summed E-state index contributed by atoms with van der Waals surface area (Å²) in [5.41, 5.74) is 2.63. The summed E-state index contributed by atoms with van der Waals surface area (Å²) in [5.74, 6) is -0.00531. The number of rotatable bonds is 3. The summed E-state index contributed by atoms with van der Waals surface area (Å²) in [4.78, 5) is 19.2. The molecule has 1 aromatic carbocycles. The Bertz CT molecular complexity index is 742. The van der Waals surface area contributed by atoms with Crippen molar-refractivity contribution < 1.29 is 4.79 Å². The molecular formula is C16H12N2O. The van der Waals surface area contributed by atoms with Crippen LogP contribution in [-0.2, 0) is 0 Å². The quantitative estimate of drug-likeness (QED) is 0.570. The Morgan fingerprint density at radius 3 is 2.74 bits per heavy atom. The molecule has 19 heavy (non-hydrogen) atoms. The highest BCUT2D eigenvalue weighted by atomic mass is 16.1. The lowest BCUT2D eigenvalue weighted by Crippen LogP contribution is -1.91. The largest absolute Gasteiger partial charge is 0.360 e. The minimum Gasteiger partial charge on any atom is -0.360 e. The van der Waals surface area contributed by atoms with Gasteiger partial charge >= 0.3 is 0 Å². The second-order valence-corrected chi connectivity index (χ2v) is 4.23. The van der Waals surface area contributed by atoms with Crippen LogP contribution < -0.4 is 0 Å². The number of nitrogens with one attached hydrogen (secondary N) is 1. The molecule has 3 rings (SSSR count). The maximum atomic E-state index is 12.2. The smallest absolute Gasteiger partial charge is 0.187 e. The summed E-state index contributed by atoms with van der Waals surface area (Å²) in [6.07, 6.45) is 8.55. The Hall–Kier alpha value is -2.68. The first kappa shape index (κ1) is 11.4. The standard InChI is InChI=1S/C16H12N2O/c19-16(6-5-12-7-9-17-10-8-12)14-11-18-15-4-2-1-3-13(14)15/h1-11,18H/b6-5+. The molecule has 3 nitrogen and oxygen atoms in total. The van der Waals surface area contributed by atoms with Crippen LogP contribution in [-0.4, -0.2) is 15.8 Å². The van der Waals surface area contributed by atoms with Crippen molar-refractivity contribution in [3.63, 3.8) is 0 Å². The summed E-state index contributed by atoms with van der Waals surface area (Å²) >= 11 is 0. The van der Waals surface area contributed by atoms with Crippen molar-refractivity contribution >= 4 is 22.8 Å². The van der Waals surface area contributed by atoms with Crippen LogP contribution >= 0.6 is 0 Å². The minimum absolute atomic E-state index is 0.00531. The summed E-state index contributed by atoms with van der Waals surface area (Å²) in [5, 5.41) is 0.951. The number of allylic oxidation sites excluding steroid dienone is 1. The van der Waals surface area contributed by atoms with Crippen LogP contribution in [0.4, 0.5) is 0 Å². The molecule has 0 aliphatic rings. The molecule has 3 heteroatoms. The van der Waals surface area contributed by atoms with Gasteiger partial charge in [-0.2, -0.15) is 0 Å². The van der Waals surface area contributed by atoms with E-state index in [1.165, 1.54) is 0 Å². The molecule has 0 unspecified atom stereocenters. The molecule has 0 spiro atoms. The van der Waals surface area contributed by atoms with Crippen molar-refractivity contribution in [2.75, 3.05) is 0 Å². The van der Waals surface area contributed by atoms with E-state index in [2.05, 4.69) is 9.97 Å². The van der Waals surface area contributed by atoms with E-state index in [-0.39, 0.29) is 5.78 Å². The van der Waals surface area contributed by atoms with Crippen molar-refractivity contribution in [2.45, 2.75) is 0 Å². The van der Waals surface area contributed by atoms with Crippen molar-refractivity contribution in [1.29, 1.82) is 0 Å². The van der Waals surface area contributed by atoms with Gasteiger partial charge in [-0.1, -0.05) is 24.3 Å². The van der Waals surface area contributed by atoms with Gasteiger partial charge in [0.15, 0.2) is 5.78 Å². The van der Waals surface area contributed by atoms with Crippen molar-refractivity contribution in [3.05, 3.63) is 72.2 Å². The summed E-state index contributed by atoms with van der Waals surface area (Å²) in [7, 11) is 0. The van der Waals surface area contributed by atoms with E-state index in [9.17, 15) is 4.79 Å². The summed E-state index contributed by atoms with van der Waals surface area (Å²) < 4.78 is 0. The van der Waals surface area contributed by atoms with Crippen LogP contribution in [0.3, 0.4) is 0 Å². The zero-order valence-electron chi connectivity index (χ0n) is 10.2. The first-order valence-corrected chi connectivity index (χ1v) is 6.03. The van der Waals surface area contributed by atoms with Crippen LogP contribution in [0, 0.1) is 0 Å². The van der Waals surface area contributed by atoms with E-state index in [1.54, 1.807) is 30.7 Å². The van der Waals surface area contributed by atoms with E-state index in [0.29, 0.717) is 5.56 Å². The predicted octanol–water partition coefficient (Wildman–Crippen LogP) is 3.46. The van der Waals surface area contributed by atoms with Crippen LogP contribution in [0.2, 0.25) is 0 Å². The third-order valence-corrected chi connectivity index (χ3v) is 2.99. The number of para-hydroxylation sites is 1. The number of carbonyl (C=O) groups excluding carboxylic acids is 1. The molecule has 92 valence electrons. The highest BCUT2D eigenvalue weighted by Gasteiger charge is 2.08. The number of nitrogens with zero attached hydrogens (tertiary/aromatic N) is 1. The molecule has 0 amide bonds. The van der Waals surface area contributed by atoms with Crippen molar-refractivity contribution in [1.82, 2.24) is 9.97 Å². The second-order valence-electron chi connectivity index (χ2n) is 4.23. The Morgan fingerprint density at radius 2 is 1.89 bits per heavy atom. The molecule has 2 heterocycles. The first-order chi connectivity index (χ1) is 9.34. The number of hydrogen-bond donors (Lipinski definition) is 1. The summed E-state index contributed by atoms with van der Waals surface area (Å²) in [6.45, 7) is 0. The summed E-state index contributed by atoms with van der Waals surface area (Å²) in [6, 6.07) is 11.5. The van der Waals surface area contributed by atoms with Gasteiger partial charge in [0.2, 0.25) is 0 Å². The number of aromatic amines is 1. The Labute approximate surface area is 110 Å². The van der Waals surface area contributed by atoms with Crippen LogP contribution in [0.15, 0.2) is 61.1 Å². The molecular weight excluding hydrogens is 236 g/mol. The average molecular weight is 248 g/mol. The van der Waals surface area contributed by atoms with E-state index < -0.39 is 0 Å². The number of fused-ring (bicyclic) bond motifs is 1. The highest BCUT2D eigenvalue weighted by molar-refractivity contribution is 6.14. The molecule has 0 saturated carbocycles. The lowest BCUT2D eigenvalue weighted by Gasteiger charge is -1.94. The van der Waals surface area contributed by atoms with E-state index in [4.69, 9.17) is 0 Å². The molecule has 0 atom stereocenters. The zero-order chi connectivity index (χ0) is 13.1. The molecule has 0 aliphatic heterocycles. The molecule has 3 aromatic rings. The highest BCUT2D eigenvalue weighted by Crippen LogP contribution is 2.18. The number of benzene rings is 1. The first-order valence-electron chi connectivity index (χ1n) is 6.03. The van der Waals surface area contributed by atoms with E-state index in [1.807, 2.05) is 36.4 Å². The Balaban J connectivity index is 1.91. The second kappa shape index (κ2) is 4.90. The van der Waals surface area contributed by atoms with Crippen LogP contribution in [0.25, 0.3) is 17.0 Å². The number of hydrogen-bond acceptors (Lipinski definition) is 2. The monoisotopic (exact) mass is 248 g/mol. The fourth-order valence-corrected chi connectivity index (χ4v) is 2.01. The van der Waals surface area contributed by atoms with Crippen molar-refractivity contribution in [3.8, 4) is 0 Å². The SMILES string of the molecule is O=C(/C=C/c1ccncc1)c1c[nH]c2ccccc12. The lowest BCUT2D eigenvalue weighted by molar-refractivity contribution is 0.104. The minimum atomic E-state index is -0.00531. The number of aromatic nitrogens is 2. The number of pyridine rings is 1. The Kier molecular flexibility index (Phi) is 2.94. The normalized spacial score (nSPS) is 11.2. The molecule has 0 fully saturated rings. The van der Waals surface area contributed by atoms with Gasteiger partial charge in [0.1, 0.15) is 0 Å². The molecule has 1 N–H and O–H groups in total. The predicted molar refractivity (Wildman–Crippen MR) is 75.9 cm³/mol. The molecule has 0 saturated heterocycles. The maximum Gasteiger partial charge on any atom is 0.187 e. The Morgan fingerprint density at radius 1 is 1.11 bits per heavy atom. The molecule has 0 radical (unpaired) electrons. The van der Waals surface area contributed by atoms with E-state index >= 15 is 0 Å². The van der Waals surface area contributed by atoms with Gasteiger partial charge in [0.25, 0.3) is 0 Å². The van der Waals surface area contributed by atoms with Crippen molar-refractivity contribution in [2.24, 2.45) is 0 Å². The maximum absolute atomic E-state index is 12.2. The molecule has 0 aliphatic carbocycles. The van der Waals surface area contributed by atoms with Gasteiger partial charge in [0.05, 0.1) is 0 Å². The van der Waals surface area contributed by atoms with E-state index in [0.717, 1.165) is 16.5 Å². The van der Waals surface area contributed by atoms with Crippen LogP contribution in [0.1, 0.15) is 15.9 Å². The molecule has 2 aromatic heterocycles. The fourth-order valence-electron chi connectivity index (χ4n) is 2.01. The van der Waals surface area contributed by atoms with Gasteiger partial charge in [-0.3, -0.25) is 9.78 Å². The van der Waals surface area contributed by atoms with Crippen LogP contribution in [0.5, 0.6) is 0 Å². The number of carbonyl (C=O) groups is 1. The van der Waals surface area contributed by atoms with Gasteiger partial charge in [-0.25, -0.2) is 0 Å². The third kappa shape index (κ3) is 2.31. The van der Waals surface area contributed by atoms with Gasteiger partial charge < -0.3 is 4.98 Å². The third-order valence-electron chi connectivity index (χ3n) is 2.99. The fraction of sp³-hybridized carbons (Fsp3) is 0. The number of ketones is 1.